The van der Waals surface area contributed by atoms with Gasteiger partial charge in [0, 0.05) is 31.6 Å². The molecule has 4 aliphatic rings. The van der Waals surface area contributed by atoms with Gasteiger partial charge < -0.3 is 4.74 Å². The van der Waals surface area contributed by atoms with Crippen LogP contribution in [0.3, 0.4) is 0 Å². The summed E-state index contributed by atoms with van der Waals surface area (Å²) in [5.41, 5.74) is 0.175. The van der Waals surface area contributed by atoms with Crippen molar-refractivity contribution in [1.82, 2.24) is 0 Å². The van der Waals surface area contributed by atoms with Crippen LogP contribution in [0.2, 0.25) is 0 Å². The molecule has 27 heavy (non-hydrogen) atoms. The minimum Gasteiger partial charge on any atom is -0.462 e. The van der Waals surface area contributed by atoms with Crippen LogP contribution in [0, 0.1) is 40.4 Å². The smallest absolute Gasteiger partial charge is 0.302 e. The second-order valence-electron chi connectivity index (χ2n) is 10.4. The second-order valence-corrected chi connectivity index (χ2v) is 10.4. The molecule has 0 N–H and O–H groups in total. The van der Waals surface area contributed by atoms with Gasteiger partial charge in [0.25, 0.3) is 0 Å². The Balaban J connectivity index is 1.69. The summed E-state index contributed by atoms with van der Waals surface area (Å²) in [4.78, 5) is 36.3. The maximum atomic E-state index is 12.3. The number of ether oxygens (including phenoxy) is 1. The molecule has 0 aromatic carbocycles. The van der Waals surface area contributed by atoms with Crippen LogP contribution in [0.5, 0.6) is 0 Å². The normalized spacial score (nSPS) is 49.0. The zero-order valence-corrected chi connectivity index (χ0v) is 17.3. The molecule has 0 aromatic rings. The van der Waals surface area contributed by atoms with Crippen LogP contribution in [-0.4, -0.2) is 23.6 Å². The van der Waals surface area contributed by atoms with Gasteiger partial charge >= 0.3 is 5.97 Å². The molecule has 0 saturated heterocycles. The van der Waals surface area contributed by atoms with Crippen molar-refractivity contribution in [3.8, 4) is 0 Å². The largest absolute Gasteiger partial charge is 0.462 e. The van der Waals surface area contributed by atoms with E-state index in [1.807, 2.05) is 0 Å². The zero-order chi connectivity index (χ0) is 19.6. The fourth-order valence-corrected chi connectivity index (χ4v) is 8.07. The van der Waals surface area contributed by atoms with E-state index in [2.05, 4.69) is 13.8 Å². The summed E-state index contributed by atoms with van der Waals surface area (Å²) in [6.45, 7) is 7.95. The number of rotatable bonds is 2. The van der Waals surface area contributed by atoms with Gasteiger partial charge in [-0.15, -0.1) is 0 Å². The van der Waals surface area contributed by atoms with E-state index in [0.717, 1.165) is 38.5 Å². The van der Waals surface area contributed by atoms with Gasteiger partial charge in [-0.3, -0.25) is 14.4 Å². The quantitative estimate of drug-likeness (QED) is 0.675. The number of carbonyl (C=O) groups excluding carboxylic acids is 3. The lowest BCUT2D eigenvalue weighted by atomic mass is 9.44. The molecule has 0 aromatic heterocycles. The highest BCUT2D eigenvalue weighted by Crippen LogP contribution is 2.67. The van der Waals surface area contributed by atoms with Crippen LogP contribution in [0.1, 0.15) is 79.1 Å². The van der Waals surface area contributed by atoms with E-state index in [1.54, 1.807) is 6.92 Å². The van der Waals surface area contributed by atoms with Crippen molar-refractivity contribution < 1.29 is 19.1 Å². The Bertz CT molecular complexity index is 669. The number of fused-ring (bicyclic) bond motifs is 5. The third-order valence-electron chi connectivity index (χ3n) is 9.28. The topological polar surface area (TPSA) is 60.4 Å². The van der Waals surface area contributed by atoms with Gasteiger partial charge in [0.2, 0.25) is 0 Å². The van der Waals surface area contributed by atoms with Crippen LogP contribution in [0.4, 0.5) is 0 Å². The molecule has 0 amide bonds. The van der Waals surface area contributed by atoms with Crippen LogP contribution >= 0.6 is 0 Å². The van der Waals surface area contributed by atoms with Crippen molar-refractivity contribution in [2.75, 3.05) is 0 Å². The van der Waals surface area contributed by atoms with Crippen molar-refractivity contribution in [2.45, 2.75) is 85.2 Å². The molecule has 4 saturated carbocycles. The van der Waals surface area contributed by atoms with Crippen LogP contribution in [0.25, 0.3) is 0 Å². The van der Waals surface area contributed by atoms with Crippen molar-refractivity contribution in [2.24, 2.45) is 40.4 Å². The molecule has 0 spiro atoms. The van der Waals surface area contributed by atoms with Gasteiger partial charge in [0.15, 0.2) is 0 Å². The molecule has 0 aliphatic heterocycles. The lowest BCUT2D eigenvalue weighted by Crippen LogP contribution is -2.58. The fraction of sp³-hybridized carbons (Fsp3) is 0.870. The molecule has 0 bridgehead atoms. The molecular weight excluding hydrogens is 340 g/mol. The van der Waals surface area contributed by atoms with E-state index >= 15 is 0 Å². The number of hydrogen-bond acceptors (Lipinski definition) is 4. The van der Waals surface area contributed by atoms with E-state index in [4.69, 9.17) is 4.74 Å². The third-order valence-corrected chi connectivity index (χ3v) is 9.28. The van der Waals surface area contributed by atoms with Gasteiger partial charge in [-0.05, 0) is 74.0 Å². The number of Topliss-reactive ketones (excluding diaryl/α,β-unsaturated/α-hetero) is 2. The molecule has 8 unspecified atom stereocenters. The highest BCUT2D eigenvalue weighted by Gasteiger charge is 2.63. The predicted octanol–water partition coefficient (Wildman–Crippen LogP) is 4.35. The van der Waals surface area contributed by atoms with E-state index < -0.39 is 0 Å². The molecule has 4 nitrogen and oxygen atoms in total. The summed E-state index contributed by atoms with van der Waals surface area (Å²) in [6, 6.07) is 0. The number of hydrogen-bond donors (Lipinski definition) is 0. The Morgan fingerprint density at radius 1 is 0.963 bits per heavy atom. The minimum absolute atomic E-state index is 0.0760. The summed E-state index contributed by atoms with van der Waals surface area (Å²) in [6.07, 6.45) is 7.29. The first-order valence-corrected chi connectivity index (χ1v) is 10.9. The standard InChI is InChI=1S/C23H34O4/c1-13(24)17-5-6-18-16-12-21(27-14(2)25)20-11-15(26)7-9-23(20,4)19(16)8-10-22(17,18)3/h16-21H,5-12H2,1-4H3. The van der Waals surface area contributed by atoms with Gasteiger partial charge in [0.1, 0.15) is 17.7 Å². The van der Waals surface area contributed by atoms with Crippen LogP contribution in [0.15, 0.2) is 0 Å². The zero-order valence-electron chi connectivity index (χ0n) is 17.3. The van der Waals surface area contributed by atoms with Crippen molar-refractivity contribution in [1.29, 1.82) is 0 Å². The van der Waals surface area contributed by atoms with E-state index in [1.165, 1.54) is 6.92 Å². The van der Waals surface area contributed by atoms with Gasteiger partial charge in [-0.1, -0.05) is 13.8 Å². The minimum atomic E-state index is -0.231. The monoisotopic (exact) mass is 374 g/mol. The maximum Gasteiger partial charge on any atom is 0.302 e. The second kappa shape index (κ2) is 6.42. The summed E-state index contributed by atoms with van der Waals surface area (Å²) in [7, 11) is 0. The molecule has 8 atom stereocenters. The number of ketones is 2. The van der Waals surface area contributed by atoms with Crippen molar-refractivity contribution in [3.05, 3.63) is 0 Å². The number of esters is 1. The summed E-state index contributed by atoms with van der Waals surface area (Å²) >= 11 is 0. The lowest BCUT2D eigenvalue weighted by molar-refractivity contribution is -0.186. The Labute approximate surface area is 162 Å². The van der Waals surface area contributed by atoms with Crippen molar-refractivity contribution >= 4 is 17.5 Å². The molecule has 0 heterocycles. The SMILES string of the molecule is CC(=O)OC1CC2C3CCC(C(C)=O)C3(C)CCC2C2(C)CCC(=O)CC12. The molecule has 150 valence electrons. The Morgan fingerprint density at radius 2 is 1.67 bits per heavy atom. The van der Waals surface area contributed by atoms with Crippen LogP contribution < -0.4 is 0 Å². The highest BCUT2D eigenvalue weighted by atomic mass is 16.5. The predicted molar refractivity (Wildman–Crippen MR) is 102 cm³/mol. The molecule has 4 aliphatic carbocycles. The van der Waals surface area contributed by atoms with E-state index in [9.17, 15) is 14.4 Å². The van der Waals surface area contributed by atoms with Gasteiger partial charge in [0.05, 0.1) is 0 Å². The Hall–Kier alpha value is -1.19. The van der Waals surface area contributed by atoms with Gasteiger partial charge in [-0.25, -0.2) is 0 Å². The molecular formula is C23H34O4. The van der Waals surface area contributed by atoms with Gasteiger partial charge in [-0.2, -0.15) is 0 Å². The van der Waals surface area contributed by atoms with E-state index in [-0.39, 0.29) is 34.7 Å². The maximum absolute atomic E-state index is 12.3. The Morgan fingerprint density at radius 3 is 2.33 bits per heavy atom. The average Bonchev–Trinajstić information content (AvgIpc) is 2.93. The molecule has 0 radical (unpaired) electrons. The lowest BCUT2D eigenvalue weighted by Gasteiger charge is -2.61. The summed E-state index contributed by atoms with van der Waals surface area (Å²) < 4.78 is 5.82. The first-order chi connectivity index (χ1) is 12.7. The highest BCUT2D eigenvalue weighted by molar-refractivity contribution is 5.80. The first-order valence-electron chi connectivity index (χ1n) is 10.9. The molecule has 4 fully saturated rings. The van der Waals surface area contributed by atoms with E-state index in [0.29, 0.717) is 42.2 Å². The third kappa shape index (κ3) is 2.81. The molecule has 4 heteroatoms. The summed E-state index contributed by atoms with van der Waals surface area (Å²) in [5.74, 6) is 2.43. The van der Waals surface area contributed by atoms with Crippen LogP contribution in [-0.2, 0) is 19.1 Å². The van der Waals surface area contributed by atoms with Crippen molar-refractivity contribution in [3.63, 3.8) is 0 Å². The fourth-order valence-electron chi connectivity index (χ4n) is 8.07. The summed E-state index contributed by atoms with van der Waals surface area (Å²) in [5, 5.41) is 0. The molecule has 4 rings (SSSR count). The first kappa shape index (κ1) is 19.1. The average molecular weight is 375 g/mol. The Kier molecular flexibility index (Phi) is 4.55. The number of carbonyl (C=O) groups is 3.